The zero-order chi connectivity index (χ0) is 27.7. The summed E-state index contributed by atoms with van der Waals surface area (Å²) in [6, 6.07) is 19.1. The van der Waals surface area contributed by atoms with E-state index in [0.717, 1.165) is 28.2 Å². The third-order valence-electron chi connectivity index (χ3n) is 6.45. The fourth-order valence-corrected chi connectivity index (χ4v) is 5.40. The Morgan fingerprint density at radius 1 is 0.947 bits per heavy atom. The molecule has 0 aliphatic carbocycles. The molecule has 0 atom stereocenters. The van der Waals surface area contributed by atoms with Gasteiger partial charge in [-0.25, -0.2) is 8.42 Å². The van der Waals surface area contributed by atoms with Crippen molar-refractivity contribution in [3.8, 4) is 0 Å². The van der Waals surface area contributed by atoms with Crippen molar-refractivity contribution in [2.24, 2.45) is 0 Å². The van der Waals surface area contributed by atoms with Crippen molar-refractivity contribution in [3.05, 3.63) is 101 Å². The summed E-state index contributed by atoms with van der Waals surface area (Å²) in [5, 5.41) is 3.68. The van der Waals surface area contributed by atoms with Crippen LogP contribution in [0.3, 0.4) is 0 Å². The summed E-state index contributed by atoms with van der Waals surface area (Å²) in [5.74, 6) is -0.264. The van der Waals surface area contributed by atoms with E-state index >= 15 is 0 Å². The quantitative estimate of drug-likeness (QED) is 0.274. The molecule has 1 N–H and O–H groups in total. The first-order valence-electron chi connectivity index (χ1n) is 12.3. The second-order valence-corrected chi connectivity index (χ2v) is 11.8. The zero-order valence-electron chi connectivity index (χ0n) is 21.3. The summed E-state index contributed by atoms with van der Waals surface area (Å²) in [5.41, 5.74) is 2.85. The molecule has 0 unspecified atom stereocenters. The Balaban J connectivity index is 1.54. The minimum Gasteiger partial charge on any atom is -0.348 e. The molecule has 38 heavy (non-hydrogen) atoms. The van der Waals surface area contributed by atoms with E-state index in [9.17, 15) is 26.4 Å². The second kappa shape index (κ2) is 10.6. The van der Waals surface area contributed by atoms with E-state index in [0.29, 0.717) is 17.5 Å². The highest BCUT2D eigenvalue weighted by Gasteiger charge is 2.30. The molecule has 3 aromatic carbocycles. The van der Waals surface area contributed by atoms with E-state index in [4.69, 9.17) is 0 Å². The monoisotopic (exact) mass is 542 g/mol. The van der Waals surface area contributed by atoms with Crippen LogP contribution in [0.4, 0.5) is 13.2 Å². The summed E-state index contributed by atoms with van der Waals surface area (Å²) in [4.78, 5) is 13.1. The highest BCUT2D eigenvalue weighted by Crippen LogP contribution is 2.31. The molecule has 0 radical (unpaired) electrons. The predicted octanol–water partition coefficient (Wildman–Crippen LogP) is 6.56. The van der Waals surface area contributed by atoms with E-state index in [-0.39, 0.29) is 29.1 Å². The lowest BCUT2D eigenvalue weighted by molar-refractivity contribution is -0.137. The molecule has 1 amide bonds. The number of sulfone groups is 1. The normalized spacial score (nSPS) is 12.3. The van der Waals surface area contributed by atoms with E-state index in [1.54, 1.807) is 37.3 Å². The Hall–Kier alpha value is -3.59. The number of hydrogen-bond acceptors (Lipinski definition) is 3. The summed E-state index contributed by atoms with van der Waals surface area (Å²) in [7, 11) is -3.29. The average molecular weight is 543 g/mol. The molecule has 4 rings (SSSR count). The Kier molecular flexibility index (Phi) is 7.69. The van der Waals surface area contributed by atoms with Gasteiger partial charge in [-0.1, -0.05) is 37.3 Å². The van der Waals surface area contributed by atoms with Gasteiger partial charge in [0, 0.05) is 41.2 Å². The van der Waals surface area contributed by atoms with Crippen LogP contribution in [-0.4, -0.2) is 24.6 Å². The molecule has 4 aromatic rings. The second-order valence-electron chi connectivity index (χ2n) is 9.48. The summed E-state index contributed by atoms with van der Waals surface area (Å²) < 4.78 is 65.6. The first kappa shape index (κ1) is 27.4. The Labute approximate surface area is 220 Å². The smallest absolute Gasteiger partial charge is 0.348 e. The van der Waals surface area contributed by atoms with Gasteiger partial charge in [-0.15, -0.1) is 0 Å². The lowest BCUT2D eigenvalue weighted by Gasteiger charge is -2.16. The van der Waals surface area contributed by atoms with Gasteiger partial charge < -0.3 is 9.88 Å². The first-order chi connectivity index (χ1) is 17.9. The van der Waals surface area contributed by atoms with Gasteiger partial charge in [0.2, 0.25) is 0 Å². The van der Waals surface area contributed by atoms with Crippen molar-refractivity contribution < 1.29 is 26.4 Å². The topological polar surface area (TPSA) is 68.2 Å². The largest absolute Gasteiger partial charge is 0.416 e. The number of benzene rings is 3. The van der Waals surface area contributed by atoms with E-state index in [1.165, 1.54) is 24.3 Å². The fraction of sp³-hybridized carbons (Fsp3) is 0.276. The number of fused-ring (bicyclic) bond motifs is 1. The number of hydrogen-bond donors (Lipinski definition) is 1. The molecule has 1 aromatic heterocycles. The van der Waals surface area contributed by atoms with Crippen LogP contribution < -0.4 is 5.32 Å². The number of amides is 1. The van der Waals surface area contributed by atoms with Gasteiger partial charge in [-0.05, 0) is 67.4 Å². The molecule has 0 fully saturated rings. The maximum atomic E-state index is 13.2. The number of nitrogens with zero attached hydrogens (tertiary/aromatic N) is 1. The third kappa shape index (κ3) is 5.93. The summed E-state index contributed by atoms with van der Waals surface area (Å²) in [6.07, 6.45) is -4.08. The van der Waals surface area contributed by atoms with Gasteiger partial charge in [0.1, 0.15) is 0 Å². The number of carbonyl (C=O) groups is 1. The van der Waals surface area contributed by atoms with Crippen LogP contribution >= 0.6 is 0 Å². The van der Waals surface area contributed by atoms with Gasteiger partial charge in [0.25, 0.3) is 5.91 Å². The molecule has 9 heteroatoms. The first-order valence-corrected chi connectivity index (χ1v) is 13.9. The van der Waals surface area contributed by atoms with Crippen molar-refractivity contribution >= 4 is 26.6 Å². The lowest BCUT2D eigenvalue weighted by Crippen LogP contribution is -2.22. The van der Waals surface area contributed by atoms with E-state index < -0.39 is 21.6 Å². The highest BCUT2D eigenvalue weighted by molar-refractivity contribution is 7.91. The Bertz CT molecular complexity index is 1570. The summed E-state index contributed by atoms with van der Waals surface area (Å²) in [6.45, 7) is 5.83. The molecular weight excluding hydrogens is 513 g/mol. The molecule has 0 aliphatic rings. The highest BCUT2D eigenvalue weighted by atomic mass is 32.2. The number of aromatic nitrogens is 1. The van der Waals surface area contributed by atoms with Crippen LogP contribution in [-0.2, 0) is 29.0 Å². The number of carbonyl (C=O) groups excluding carboxylic acids is 1. The minimum absolute atomic E-state index is 0.0196. The zero-order valence-corrected chi connectivity index (χ0v) is 22.2. The molecular formula is C29H29F3N2O3S. The average Bonchev–Trinajstić information content (AvgIpc) is 3.24. The van der Waals surface area contributed by atoms with Crippen molar-refractivity contribution in [1.29, 1.82) is 0 Å². The molecule has 5 nitrogen and oxygen atoms in total. The molecule has 0 saturated carbocycles. The van der Waals surface area contributed by atoms with Gasteiger partial charge in [-0.3, -0.25) is 4.79 Å². The van der Waals surface area contributed by atoms with E-state index in [1.807, 2.05) is 26.0 Å². The Morgan fingerprint density at radius 3 is 2.29 bits per heavy atom. The van der Waals surface area contributed by atoms with Crippen LogP contribution in [0.5, 0.6) is 0 Å². The van der Waals surface area contributed by atoms with Crippen LogP contribution in [0.15, 0.2) is 77.7 Å². The number of rotatable bonds is 8. The molecule has 0 saturated heterocycles. The van der Waals surface area contributed by atoms with Crippen molar-refractivity contribution in [3.63, 3.8) is 0 Å². The number of alkyl halides is 3. The van der Waals surface area contributed by atoms with Crippen molar-refractivity contribution in [2.45, 2.75) is 50.9 Å². The van der Waals surface area contributed by atoms with Crippen molar-refractivity contribution in [2.75, 3.05) is 5.75 Å². The van der Waals surface area contributed by atoms with Crippen LogP contribution in [0, 0.1) is 0 Å². The minimum atomic E-state index is -4.40. The van der Waals surface area contributed by atoms with Gasteiger partial charge >= 0.3 is 6.18 Å². The fourth-order valence-electron chi connectivity index (χ4n) is 4.51. The molecule has 0 bridgehead atoms. The maximum absolute atomic E-state index is 13.2. The molecule has 0 aliphatic heterocycles. The predicted molar refractivity (Wildman–Crippen MR) is 142 cm³/mol. The number of nitrogens with one attached hydrogen (secondary N) is 1. The van der Waals surface area contributed by atoms with Crippen LogP contribution in [0.25, 0.3) is 10.9 Å². The van der Waals surface area contributed by atoms with Gasteiger partial charge in [0.05, 0.1) is 16.2 Å². The third-order valence-corrected chi connectivity index (χ3v) is 8.20. The number of halogens is 3. The molecule has 1 heterocycles. The van der Waals surface area contributed by atoms with Crippen LogP contribution in [0.2, 0.25) is 0 Å². The molecule has 200 valence electrons. The van der Waals surface area contributed by atoms with E-state index in [2.05, 4.69) is 9.88 Å². The standard InChI is InChI=1S/C29H29F3N2O3S/c1-4-38(36,37)26-11-8-20(9-12-26)18-33-28(35)22-10-13-27-23(16-22)17-25(34(27)19(2)3)15-21-6-5-7-24(14-21)29(30,31)32/h5-14,16-17,19H,4,15,18H2,1-3H3,(H,33,35). The van der Waals surface area contributed by atoms with Crippen LogP contribution in [0.1, 0.15) is 59.6 Å². The Morgan fingerprint density at radius 2 is 1.66 bits per heavy atom. The van der Waals surface area contributed by atoms with Gasteiger partial charge in [-0.2, -0.15) is 13.2 Å². The summed E-state index contributed by atoms with van der Waals surface area (Å²) >= 11 is 0. The van der Waals surface area contributed by atoms with Crippen molar-refractivity contribution in [1.82, 2.24) is 9.88 Å². The van der Waals surface area contributed by atoms with Gasteiger partial charge in [0.15, 0.2) is 9.84 Å². The lowest BCUT2D eigenvalue weighted by atomic mass is 10.1. The maximum Gasteiger partial charge on any atom is 0.416 e. The SMILES string of the molecule is CCS(=O)(=O)c1ccc(CNC(=O)c2ccc3c(c2)cc(Cc2cccc(C(F)(F)F)c2)n3C(C)C)cc1. The molecule has 0 spiro atoms.